The number of halogens is 1. The van der Waals surface area contributed by atoms with Crippen molar-refractivity contribution in [2.75, 3.05) is 5.32 Å². The van der Waals surface area contributed by atoms with Crippen molar-refractivity contribution >= 4 is 22.8 Å². The van der Waals surface area contributed by atoms with E-state index in [4.69, 9.17) is 4.98 Å². The molecule has 7 heteroatoms. The van der Waals surface area contributed by atoms with Crippen LogP contribution in [-0.2, 0) is 6.54 Å². The first-order chi connectivity index (χ1) is 12.7. The fourth-order valence-corrected chi connectivity index (χ4v) is 3.62. The van der Waals surface area contributed by atoms with Crippen molar-refractivity contribution in [1.82, 2.24) is 19.5 Å². The SMILES string of the molecule is CCCn1c(Nc2ccc(F)cc2)nc(=O)c2[nH]c(C3CCCC3)nc21. The van der Waals surface area contributed by atoms with Gasteiger partial charge in [-0.3, -0.25) is 9.36 Å². The molecule has 0 amide bonds. The van der Waals surface area contributed by atoms with Crippen LogP contribution in [0.3, 0.4) is 0 Å². The van der Waals surface area contributed by atoms with E-state index in [0.29, 0.717) is 35.3 Å². The predicted octanol–water partition coefficient (Wildman–Crippen LogP) is 4.07. The van der Waals surface area contributed by atoms with Gasteiger partial charge in [-0.05, 0) is 43.5 Å². The number of anilines is 2. The monoisotopic (exact) mass is 355 g/mol. The number of hydrogen-bond acceptors (Lipinski definition) is 4. The lowest BCUT2D eigenvalue weighted by Crippen LogP contribution is -2.18. The van der Waals surface area contributed by atoms with Crippen LogP contribution in [0.4, 0.5) is 16.0 Å². The number of rotatable bonds is 5. The highest BCUT2D eigenvalue weighted by Gasteiger charge is 2.23. The molecule has 0 atom stereocenters. The van der Waals surface area contributed by atoms with Crippen LogP contribution in [0.5, 0.6) is 0 Å². The minimum Gasteiger partial charge on any atom is -0.336 e. The van der Waals surface area contributed by atoms with Gasteiger partial charge < -0.3 is 10.3 Å². The van der Waals surface area contributed by atoms with E-state index in [1.807, 2.05) is 4.57 Å². The molecule has 0 aliphatic heterocycles. The first-order valence-electron chi connectivity index (χ1n) is 9.18. The van der Waals surface area contributed by atoms with Gasteiger partial charge in [0, 0.05) is 18.2 Å². The summed E-state index contributed by atoms with van der Waals surface area (Å²) in [7, 11) is 0. The van der Waals surface area contributed by atoms with Crippen LogP contribution in [0.25, 0.3) is 11.2 Å². The number of fused-ring (bicyclic) bond motifs is 1. The minimum absolute atomic E-state index is 0.307. The van der Waals surface area contributed by atoms with Crippen LogP contribution < -0.4 is 10.9 Å². The molecule has 0 saturated heterocycles. The Labute approximate surface area is 150 Å². The number of imidazole rings is 1. The van der Waals surface area contributed by atoms with Gasteiger partial charge in [0.1, 0.15) is 11.6 Å². The summed E-state index contributed by atoms with van der Waals surface area (Å²) < 4.78 is 15.1. The van der Waals surface area contributed by atoms with Crippen LogP contribution in [-0.4, -0.2) is 19.5 Å². The summed E-state index contributed by atoms with van der Waals surface area (Å²) in [5.74, 6) is 1.41. The van der Waals surface area contributed by atoms with E-state index in [2.05, 4.69) is 22.2 Å². The third-order valence-corrected chi connectivity index (χ3v) is 4.93. The summed E-state index contributed by atoms with van der Waals surface area (Å²) in [5.41, 5.74) is 1.45. The molecule has 0 unspecified atom stereocenters. The summed E-state index contributed by atoms with van der Waals surface area (Å²) >= 11 is 0. The summed E-state index contributed by atoms with van der Waals surface area (Å²) in [5, 5.41) is 3.13. The van der Waals surface area contributed by atoms with Gasteiger partial charge in [0.15, 0.2) is 11.2 Å². The fraction of sp³-hybridized carbons (Fsp3) is 0.421. The maximum Gasteiger partial charge on any atom is 0.300 e. The Balaban J connectivity index is 1.80. The second kappa shape index (κ2) is 6.90. The number of aromatic amines is 1. The molecular weight excluding hydrogens is 333 g/mol. The highest BCUT2D eigenvalue weighted by molar-refractivity contribution is 5.73. The number of H-pyrrole nitrogens is 1. The molecule has 0 radical (unpaired) electrons. The third-order valence-electron chi connectivity index (χ3n) is 4.93. The molecule has 3 aromatic rings. The number of aromatic nitrogens is 4. The summed E-state index contributed by atoms with van der Waals surface area (Å²) in [6, 6.07) is 5.98. The largest absolute Gasteiger partial charge is 0.336 e. The Morgan fingerprint density at radius 1 is 1.23 bits per heavy atom. The molecule has 1 aromatic carbocycles. The molecule has 0 spiro atoms. The fourth-order valence-electron chi connectivity index (χ4n) is 3.62. The van der Waals surface area contributed by atoms with Gasteiger partial charge in [0.25, 0.3) is 0 Å². The van der Waals surface area contributed by atoms with Crippen LogP contribution >= 0.6 is 0 Å². The third kappa shape index (κ3) is 3.09. The quantitative estimate of drug-likeness (QED) is 0.723. The zero-order valence-electron chi connectivity index (χ0n) is 14.8. The predicted molar refractivity (Wildman–Crippen MR) is 99.3 cm³/mol. The average Bonchev–Trinajstić information content (AvgIpc) is 3.30. The lowest BCUT2D eigenvalue weighted by atomic mass is 10.1. The molecule has 6 nitrogen and oxygen atoms in total. The summed E-state index contributed by atoms with van der Waals surface area (Å²) in [4.78, 5) is 24.7. The Hall–Kier alpha value is -2.70. The molecule has 1 fully saturated rings. The Morgan fingerprint density at radius 2 is 1.96 bits per heavy atom. The maximum atomic E-state index is 13.1. The Kier molecular flexibility index (Phi) is 4.44. The first kappa shape index (κ1) is 16.8. The molecule has 26 heavy (non-hydrogen) atoms. The molecule has 2 heterocycles. The van der Waals surface area contributed by atoms with Crippen molar-refractivity contribution in [3.8, 4) is 0 Å². The summed E-state index contributed by atoms with van der Waals surface area (Å²) in [6.45, 7) is 2.75. The maximum absolute atomic E-state index is 13.1. The van der Waals surface area contributed by atoms with Crippen molar-refractivity contribution < 1.29 is 4.39 Å². The van der Waals surface area contributed by atoms with Crippen LogP contribution in [0.15, 0.2) is 29.1 Å². The van der Waals surface area contributed by atoms with Gasteiger partial charge in [-0.1, -0.05) is 19.8 Å². The van der Waals surface area contributed by atoms with Crippen molar-refractivity contribution in [1.29, 1.82) is 0 Å². The van der Waals surface area contributed by atoms with E-state index in [0.717, 1.165) is 25.1 Å². The standard InChI is InChI=1S/C19H22FN5O/c1-2-11-25-17-15(22-16(23-17)12-5-3-4-6-12)18(26)24-19(25)21-14-9-7-13(20)8-10-14/h7-10,12H,2-6,11H2,1H3,(H,22,23)(H,21,24,26). The molecule has 136 valence electrons. The smallest absolute Gasteiger partial charge is 0.300 e. The lowest BCUT2D eigenvalue weighted by molar-refractivity contribution is 0.628. The molecule has 2 aromatic heterocycles. The van der Waals surface area contributed by atoms with E-state index in [1.54, 1.807) is 12.1 Å². The zero-order chi connectivity index (χ0) is 18.1. The van der Waals surface area contributed by atoms with Gasteiger partial charge in [0.2, 0.25) is 5.95 Å². The Bertz CT molecular complexity index is 970. The molecule has 2 N–H and O–H groups in total. The van der Waals surface area contributed by atoms with Crippen molar-refractivity contribution in [3.63, 3.8) is 0 Å². The molecule has 4 rings (SSSR count). The van der Waals surface area contributed by atoms with E-state index in [9.17, 15) is 9.18 Å². The number of nitrogens with one attached hydrogen (secondary N) is 2. The highest BCUT2D eigenvalue weighted by atomic mass is 19.1. The van der Waals surface area contributed by atoms with Gasteiger partial charge in [-0.25, -0.2) is 9.37 Å². The average molecular weight is 355 g/mol. The number of aryl methyl sites for hydroxylation is 1. The molecule has 1 aliphatic rings. The van der Waals surface area contributed by atoms with E-state index < -0.39 is 0 Å². The van der Waals surface area contributed by atoms with Gasteiger partial charge in [-0.15, -0.1) is 0 Å². The molecule has 1 aliphatic carbocycles. The number of benzene rings is 1. The molecule has 1 saturated carbocycles. The van der Waals surface area contributed by atoms with E-state index >= 15 is 0 Å². The molecule has 0 bridgehead atoms. The van der Waals surface area contributed by atoms with E-state index in [-0.39, 0.29) is 11.4 Å². The normalized spacial score (nSPS) is 15.0. The van der Waals surface area contributed by atoms with Gasteiger partial charge >= 0.3 is 5.56 Å². The van der Waals surface area contributed by atoms with Crippen molar-refractivity contribution in [2.24, 2.45) is 0 Å². The van der Waals surface area contributed by atoms with Crippen LogP contribution in [0, 0.1) is 5.82 Å². The lowest BCUT2D eigenvalue weighted by Gasteiger charge is -2.13. The second-order valence-electron chi connectivity index (χ2n) is 6.83. The van der Waals surface area contributed by atoms with Crippen molar-refractivity contribution in [3.05, 3.63) is 46.3 Å². The summed E-state index contributed by atoms with van der Waals surface area (Å²) in [6.07, 6.45) is 5.50. The van der Waals surface area contributed by atoms with Gasteiger partial charge in [0.05, 0.1) is 0 Å². The first-order valence-corrected chi connectivity index (χ1v) is 9.18. The second-order valence-corrected chi connectivity index (χ2v) is 6.83. The topological polar surface area (TPSA) is 75.6 Å². The van der Waals surface area contributed by atoms with Crippen LogP contribution in [0.2, 0.25) is 0 Å². The highest BCUT2D eigenvalue weighted by Crippen LogP contribution is 2.33. The molecular formula is C19H22FN5O. The zero-order valence-corrected chi connectivity index (χ0v) is 14.8. The van der Waals surface area contributed by atoms with Gasteiger partial charge in [-0.2, -0.15) is 4.98 Å². The van der Waals surface area contributed by atoms with E-state index in [1.165, 1.54) is 25.0 Å². The Morgan fingerprint density at radius 3 is 2.65 bits per heavy atom. The van der Waals surface area contributed by atoms with Crippen molar-refractivity contribution in [2.45, 2.75) is 51.5 Å². The number of hydrogen-bond donors (Lipinski definition) is 2. The van der Waals surface area contributed by atoms with Crippen LogP contribution in [0.1, 0.15) is 50.8 Å². The number of nitrogens with zero attached hydrogens (tertiary/aromatic N) is 3. The minimum atomic E-state index is -0.325.